The minimum atomic E-state index is -0.402. The van der Waals surface area contributed by atoms with Crippen LogP contribution in [0.15, 0.2) is 86.2 Å². The third-order valence-electron chi connectivity index (χ3n) is 2.08. The smallest absolute Gasteiger partial charge is 0.338 e. The van der Waals surface area contributed by atoms with Crippen LogP contribution >= 0.6 is 0 Å². The van der Waals surface area contributed by atoms with Crippen molar-refractivity contribution in [2.24, 2.45) is 0 Å². The fourth-order valence-electron chi connectivity index (χ4n) is 1.02. The molecule has 0 spiro atoms. The molecule has 1 aromatic carbocycles. The standard InChI is InChI=1S/C9H12O2.C8H8.C3H3N/c1-5-6-8(4)11-9(10)7(2)3;1-2-8-6-4-3-5-7-8;1-2-3-4/h5-6H,1-2H2,3-4H3;2-7H,1H2;2H,1H2/b8-6-;;. The minimum absolute atomic E-state index is 0.391. The first-order valence-electron chi connectivity index (χ1n) is 6.77. The Morgan fingerprint density at radius 1 is 1.17 bits per heavy atom. The van der Waals surface area contributed by atoms with Gasteiger partial charge in [0.05, 0.1) is 6.07 Å². The van der Waals surface area contributed by atoms with Crippen molar-refractivity contribution in [3.63, 3.8) is 0 Å². The Morgan fingerprint density at radius 3 is 2.00 bits per heavy atom. The predicted octanol–water partition coefficient (Wildman–Crippen LogP) is 5.22. The van der Waals surface area contributed by atoms with Gasteiger partial charge in [0, 0.05) is 11.6 Å². The van der Waals surface area contributed by atoms with Crippen LogP contribution in [0.3, 0.4) is 0 Å². The zero-order chi connectivity index (χ0) is 18.1. The third-order valence-corrected chi connectivity index (χ3v) is 2.08. The average Bonchev–Trinajstić information content (AvgIpc) is 2.56. The SMILES string of the molecule is C=C/C=C(/C)OC(=O)C(=C)C.C=CC#N.C=Cc1ccccc1. The fourth-order valence-corrected chi connectivity index (χ4v) is 1.02. The summed E-state index contributed by atoms with van der Waals surface area (Å²) in [7, 11) is 0. The lowest BCUT2D eigenvalue weighted by atomic mass is 10.2. The van der Waals surface area contributed by atoms with Crippen molar-refractivity contribution >= 4 is 12.0 Å². The highest BCUT2D eigenvalue weighted by molar-refractivity contribution is 5.87. The highest BCUT2D eigenvalue weighted by atomic mass is 16.5. The molecule has 3 heteroatoms. The third kappa shape index (κ3) is 15.1. The molecule has 0 atom stereocenters. The number of ether oxygens (including phenoxy) is 1. The molecule has 0 fully saturated rings. The quantitative estimate of drug-likeness (QED) is 0.252. The van der Waals surface area contributed by atoms with E-state index in [-0.39, 0.29) is 0 Å². The molecule has 3 nitrogen and oxygen atoms in total. The Balaban J connectivity index is 0. The summed E-state index contributed by atoms with van der Waals surface area (Å²) in [4.78, 5) is 10.8. The van der Waals surface area contributed by atoms with E-state index < -0.39 is 5.97 Å². The van der Waals surface area contributed by atoms with E-state index in [1.807, 2.05) is 36.4 Å². The normalized spacial score (nSPS) is 8.65. The van der Waals surface area contributed by atoms with E-state index >= 15 is 0 Å². The Morgan fingerprint density at radius 2 is 1.70 bits per heavy atom. The molecular formula is C20H23NO2. The van der Waals surface area contributed by atoms with Crippen LogP contribution in [0.4, 0.5) is 0 Å². The molecule has 23 heavy (non-hydrogen) atoms. The summed E-state index contributed by atoms with van der Waals surface area (Å²) in [6.45, 7) is 16.9. The number of hydrogen-bond acceptors (Lipinski definition) is 3. The summed E-state index contributed by atoms with van der Waals surface area (Å²) in [6, 6.07) is 11.7. The molecule has 0 saturated heterocycles. The van der Waals surface area contributed by atoms with Gasteiger partial charge in [-0.15, -0.1) is 0 Å². The summed E-state index contributed by atoms with van der Waals surface area (Å²) >= 11 is 0. The van der Waals surface area contributed by atoms with Crippen molar-refractivity contribution in [3.05, 3.63) is 91.8 Å². The van der Waals surface area contributed by atoms with Gasteiger partial charge in [-0.2, -0.15) is 5.26 Å². The lowest BCUT2D eigenvalue weighted by molar-refractivity contribution is -0.134. The number of esters is 1. The molecule has 0 N–H and O–H groups in total. The van der Waals surface area contributed by atoms with E-state index in [1.165, 1.54) is 11.6 Å². The molecule has 0 heterocycles. The number of carbonyl (C=O) groups excluding carboxylic acids is 1. The summed E-state index contributed by atoms with van der Waals surface area (Å²) < 4.78 is 4.80. The highest BCUT2D eigenvalue weighted by Gasteiger charge is 2.02. The Hall–Kier alpha value is -3.12. The number of benzene rings is 1. The Labute approximate surface area is 139 Å². The largest absolute Gasteiger partial charge is 0.428 e. The molecule has 0 unspecified atom stereocenters. The van der Waals surface area contributed by atoms with Crippen LogP contribution in [-0.2, 0) is 9.53 Å². The molecule has 0 aliphatic carbocycles. The van der Waals surface area contributed by atoms with Crippen molar-refractivity contribution in [1.82, 2.24) is 0 Å². The van der Waals surface area contributed by atoms with Crippen molar-refractivity contribution in [2.75, 3.05) is 0 Å². The van der Waals surface area contributed by atoms with Gasteiger partial charge in [0.15, 0.2) is 0 Å². The molecule has 120 valence electrons. The van der Waals surface area contributed by atoms with Gasteiger partial charge in [-0.3, -0.25) is 0 Å². The van der Waals surface area contributed by atoms with Crippen molar-refractivity contribution in [2.45, 2.75) is 13.8 Å². The van der Waals surface area contributed by atoms with Crippen molar-refractivity contribution < 1.29 is 9.53 Å². The summed E-state index contributed by atoms with van der Waals surface area (Å²) in [5, 5.41) is 7.51. The highest BCUT2D eigenvalue weighted by Crippen LogP contribution is 2.00. The lowest BCUT2D eigenvalue weighted by Crippen LogP contribution is -2.02. The maximum absolute atomic E-state index is 10.8. The number of nitrogens with zero attached hydrogens (tertiary/aromatic N) is 1. The zero-order valence-electron chi connectivity index (χ0n) is 13.8. The van der Waals surface area contributed by atoms with E-state index in [9.17, 15) is 4.79 Å². The summed E-state index contributed by atoms with van der Waals surface area (Å²) in [5.74, 6) is 0.119. The van der Waals surface area contributed by atoms with Crippen LogP contribution in [0.1, 0.15) is 19.4 Å². The molecule has 1 aromatic rings. The molecule has 0 radical (unpaired) electrons. The molecule has 0 aromatic heterocycles. The van der Waals surface area contributed by atoms with E-state index in [2.05, 4.69) is 26.3 Å². The maximum Gasteiger partial charge on any atom is 0.338 e. The molecule has 0 aliphatic heterocycles. The van der Waals surface area contributed by atoms with Gasteiger partial charge >= 0.3 is 5.97 Å². The van der Waals surface area contributed by atoms with Gasteiger partial charge in [0.25, 0.3) is 0 Å². The van der Waals surface area contributed by atoms with Crippen molar-refractivity contribution in [3.8, 4) is 6.07 Å². The zero-order valence-corrected chi connectivity index (χ0v) is 13.8. The second kappa shape index (κ2) is 15.3. The monoisotopic (exact) mass is 309 g/mol. The number of allylic oxidation sites excluding steroid dienone is 4. The first-order valence-corrected chi connectivity index (χ1v) is 6.77. The van der Waals surface area contributed by atoms with Crippen LogP contribution in [0.25, 0.3) is 6.08 Å². The lowest BCUT2D eigenvalue weighted by Gasteiger charge is -2.01. The average molecular weight is 309 g/mol. The molecule has 1 rings (SSSR count). The van der Waals surface area contributed by atoms with E-state index in [1.54, 1.807) is 32.1 Å². The second-order valence-corrected chi connectivity index (χ2v) is 4.13. The van der Waals surface area contributed by atoms with Gasteiger partial charge in [-0.05, 0) is 25.5 Å². The summed E-state index contributed by atoms with van der Waals surface area (Å²) in [5.41, 5.74) is 1.56. The second-order valence-electron chi connectivity index (χ2n) is 4.13. The number of carbonyl (C=O) groups is 1. The van der Waals surface area contributed by atoms with Crippen LogP contribution in [0.2, 0.25) is 0 Å². The van der Waals surface area contributed by atoms with Crippen molar-refractivity contribution in [1.29, 1.82) is 5.26 Å². The van der Waals surface area contributed by atoms with Gasteiger partial charge in [-0.25, -0.2) is 4.79 Å². The van der Waals surface area contributed by atoms with E-state index in [0.717, 1.165) is 0 Å². The molecular weight excluding hydrogens is 286 g/mol. The summed E-state index contributed by atoms with van der Waals surface area (Å²) in [6.07, 6.45) is 6.18. The van der Waals surface area contributed by atoms with E-state index in [4.69, 9.17) is 10.00 Å². The number of rotatable bonds is 4. The first-order chi connectivity index (χ1) is 10.9. The van der Waals surface area contributed by atoms with Gasteiger partial charge < -0.3 is 4.74 Å². The maximum atomic E-state index is 10.8. The topological polar surface area (TPSA) is 50.1 Å². The molecule has 0 aliphatic rings. The minimum Gasteiger partial charge on any atom is -0.428 e. The van der Waals surface area contributed by atoms with Gasteiger partial charge in [0.2, 0.25) is 0 Å². The molecule has 0 amide bonds. The number of hydrogen-bond donors (Lipinski definition) is 0. The Bertz CT molecular complexity index is 590. The van der Waals surface area contributed by atoms with Crippen LogP contribution in [-0.4, -0.2) is 5.97 Å². The molecule has 0 saturated carbocycles. The van der Waals surface area contributed by atoms with Crippen LogP contribution < -0.4 is 0 Å². The van der Waals surface area contributed by atoms with E-state index in [0.29, 0.717) is 11.3 Å². The number of nitriles is 1. The van der Waals surface area contributed by atoms with Gasteiger partial charge in [-0.1, -0.05) is 68.8 Å². The fraction of sp³-hybridized carbons (Fsp3) is 0.100. The predicted molar refractivity (Wildman–Crippen MR) is 97.2 cm³/mol. The van der Waals surface area contributed by atoms with Crippen LogP contribution in [0, 0.1) is 11.3 Å². The first kappa shape index (κ1) is 22.2. The molecule has 0 bridgehead atoms. The Kier molecular flexibility index (Phi) is 14.7. The van der Waals surface area contributed by atoms with Gasteiger partial charge in [0.1, 0.15) is 5.76 Å². The van der Waals surface area contributed by atoms with Crippen LogP contribution in [0.5, 0.6) is 0 Å².